The molecule has 0 spiro atoms. The van der Waals surface area contributed by atoms with Crippen molar-refractivity contribution in [3.8, 4) is 5.75 Å². The van der Waals surface area contributed by atoms with Crippen molar-refractivity contribution in [3.05, 3.63) is 54.1 Å². The molecule has 0 aliphatic carbocycles. The van der Waals surface area contributed by atoms with Gasteiger partial charge in [0.05, 0.1) is 24.6 Å². The Balaban J connectivity index is 2.07. The standard InChI is InChI=1S/C14H14N2O3/c1-10(19-12-4-3-7-15-9-12)13-6-5-11(8-16-13)14(17)18-2/h3-10H,1-2H3. The van der Waals surface area contributed by atoms with Gasteiger partial charge in [-0.3, -0.25) is 9.97 Å². The number of esters is 1. The van der Waals surface area contributed by atoms with Crippen LogP contribution in [0.1, 0.15) is 29.1 Å². The summed E-state index contributed by atoms with van der Waals surface area (Å²) in [5, 5.41) is 0. The minimum atomic E-state index is -0.403. The van der Waals surface area contributed by atoms with Crippen LogP contribution in [0, 0.1) is 0 Å². The molecule has 1 atom stereocenters. The van der Waals surface area contributed by atoms with Crippen LogP contribution in [0.2, 0.25) is 0 Å². The molecule has 0 saturated carbocycles. The third-order valence-electron chi connectivity index (χ3n) is 2.57. The van der Waals surface area contributed by atoms with E-state index in [4.69, 9.17) is 4.74 Å². The van der Waals surface area contributed by atoms with E-state index in [-0.39, 0.29) is 6.10 Å². The Bertz CT molecular complexity index is 540. The SMILES string of the molecule is COC(=O)c1ccc(C(C)Oc2cccnc2)nc1. The van der Waals surface area contributed by atoms with Gasteiger partial charge in [0.2, 0.25) is 0 Å². The van der Waals surface area contributed by atoms with Gasteiger partial charge in [-0.2, -0.15) is 0 Å². The third-order valence-corrected chi connectivity index (χ3v) is 2.57. The molecule has 0 saturated heterocycles. The monoisotopic (exact) mass is 258 g/mol. The highest BCUT2D eigenvalue weighted by Crippen LogP contribution is 2.19. The molecule has 19 heavy (non-hydrogen) atoms. The second-order valence-electron chi connectivity index (χ2n) is 3.91. The highest BCUT2D eigenvalue weighted by atomic mass is 16.5. The van der Waals surface area contributed by atoms with E-state index in [9.17, 15) is 4.79 Å². The zero-order valence-corrected chi connectivity index (χ0v) is 10.7. The largest absolute Gasteiger partial charge is 0.483 e. The highest BCUT2D eigenvalue weighted by Gasteiger charge is 2.11. The lowest BCUT2D eigenvalue weighted by atomic mass is 10.2. The molecule has 5 heteroatoms. The van der Waals surface area contributed by atoms with E-state index in [0.29, 0.717) is 11.3 Å². The maximum absolute atomic E-state index is 11.3. The summed E-state index contributed by atoms with van der Waals surface area (Å²) in [6.07, 6.45) is 4.57. The first-order chi connectivity index (χ1) is 9.20. The lowest BCUT2D eigenvalue weighted by Gasteiger charge is -2.13. The molecule has 0 fully saturated rings. The van der Waals surface area contributed by atoms with Crippen molar-refractivity contribution in [3.63, 3.8) is 0 Å². The van der Waals surface area contributed by atoms with Crippen LogP contribution in [-0.2, 0) is 4.74 Å². The summed E-state index contributed by atoms with van der Waals surface area (Å²) in [5.74, 6) is 0.272. The van der Waals surface area contributed by atoms with Crippen molar-refractivity contribution in [2.45, 2.75) is 13.0 Å². The summed E-state index contributed by atoms with van der Waals surface area (Å²) in [7, 11) is 1.34. The number of ether oxygens (including phenoxy) is 2. The minimum Gasteiger partial charge on any atom is -0.483 e. The van der Waals surface area contributed by atoms with E-state index in [1.165, 1.54) is 13.3 Å². The molecule has 0 bridgehead atoms. The van der Waals surface area contributed by atoms with Crippen molar-refractivity contribution >= 4 is 5.97 Å². The third kappa shape index (κ3) is 3.28. The molecule has 0 aliphatic heterocycles. The maximum Gasteiger partial charge on any atom is 0.339 e. The predicted molar refractivity (Wildman–Crippen MR) is 68.9 cm³/mol. The van der Waals surface area contributed by atoms with Gasteiger partial charge in [-0.25, -0.2) is 4.79 Å². The van der Waals surface area contributed by atoms with E-state index in [1.54, 1.807) is 30.6 Å². The summed E-state index contributed by atoms with van der Waals surface area (Å²) in [5.41, 5.74) is 1.15. The van der Waals surface area contributed by atoms with Gasteiger partial charge in [0.1, 0.15) is 11.9 Å². The normalized spacial score (nSPS) is 11.7. The molecule has 2 aromatic heterocycles. The van der Waals surface area contributed by atoms with Crippen molar-refractivity contribution in [1.29, 1.82) is 0 Å². The fourth-order valence-electron chi connectivity index (χ4n) is 1.57. The number of methoxy groups -OCH3 is 1. The topological polar surface area (TPSA) is 61.3 Å². The van der Waals surface area contributed by atoms with Crippen LogP contribution in [0.4, 0.5) is 0 Å². The smallest absolute Gasteiger partial charge is 0.339 e. The van der Waals surface area contributed by atoms with Crippen LogP contribution in [0.5, 0.6) is 5.75 Å². The molecule has 2 heterocycles. The quantitative estimate of drug-likeness (QED) is 0.788. The van der Waals surface area contributed by atoms with Crippen LogP contribution in [0.15, 0.2) is 42.9 Å². The highest BCUT2D eigenvalue weighted by molar-refractivity contribution is 5.88. The fourth-order valence-corrected chi connectivity index (χ4v) is 1.57. The lowest BCUT2D eigenvalue weighted by molar-refractivity contribution is 0.0600. The number of carbonyl (C=O) groups is 1. The molecule has 5 nitrogen and oxygen atoms in total. The van der Waals surface area contributed by atoms with Crippen LogP contribution in [0.3, 0.4) is 0 Å². The number of rotatable bonds is 4. The van der Waals surface area contributed by atoms with Crippen LogP contribution in [0.25, 0.3) is 0 Å². The molecule has 1 unspecified atom stereocenters. The molecule has 2 aromatic rings. The Morgan fingerprint density at radius 3 is 2.68 bits per heavy atom. The van der Waals surface area contributed by atoms with E-state index >= 15 is 0 Å². The molecular weight excluding hydrogens is 244 g/mol. The van der Waals surface area contributed by atoms with Gasteiger partial charge < -0.3 is 9.47 Å². The second kappa shape index (κ2) is 5.95. The molecule has 98 valence electrons. The van der Waals surface area contributed by atoms with E-state index in [2.05, 4.69) is 14.7 Å². The maximum atomic E-state index is 11.3. The Kier molecular flexibility index (Phi) is 4.07. The minimum absolute atomic E-state index is 0.226. The van der Waals surface area contributed by atoms with Gasteiger partial charge in [-0.05, 0) is 31.2 Å². The van der Waals surface area contributed by atoms with E-state index in [0.717, 1.165) is 5.69 Å². The molecule has 2 rings (SSSR count). The fraction of sp³-hybridized carbons (Fsp3) is 0.214. The Morgan fingerprint density at radius 1 is 1.26 bits per heavy atom. The number of pyridine rings is 2. The van der Waals surface area contributed by atoms with Crippen molar-refractivity contribution in [2.75, 3.05) is 7.11 Å². The Morgan fingerprint density at radius 2 is 2.11 bits per heavy atom. The summed E-state index contributed by atoms with van der Waals surface area (Å²) in [6.45, 7) is 1.88. The molecular formula is C14H14N2O3. The number of carbonyl (C=O) groups excluding carboxylic acids is 1. The second-order valence-corrected chi connectivity index (χ2v) is 3.91. The summed E-state index contributed by atoms with van der Waals surface area (Å²) in [4.78, 5) is 19.5. The zero-order chi connectivity index (χ0) is 13.7. The predicted octanol–water partition coefficient (Wildman–Crippen LogP) is 2.40. The average molecular weight is 258 g/mol. The van der Waals surface area contributed by atoms with Crippen molar-refractivity contribution < 1.29 is 14.3 Å². The molecule has 0 radical (unpaired) electrons. The zero-order valence-electron chi connectivity index (χ0n) is 10.7. The Labute approximate surface area is 111 Å². The van der Waals surface area contributed by atoms with Gasteiger partial charge in [0.15, 0.2) is 0 Å². The van der Waals surface area contributed by atoms with Crippen LogP contribution >= 0.6 is 0 Å². The summed E-state index contributed by atoms with van der Waals surface area (Å²) in [6, 6.07) is 7.03. The average Bonchev–Trinajstić information content (AvgIpc) is 2.47. The lowest BCUT2D eigenvalue weighted by Crippen LogP contribution is -2.07. The van der Waals surface area contributed by atoms with Gasteiger partial charge >= 0.3 is 5.97 Å². The molecule has 0 amide bonds. The van der Waals surface area contributed by atoms with Crippen LogP contribution < -0.4 is 4.74 Å². The molecule has 0 aromatic carbocycles. The number of hydrogen-bond donors (Lipinski definition) is 0. The first-order valence-corrected chi connectivity index (χ1v) is 5.81. The first kappa shape index (κ1) is 13.0. The van der Waals surface area contributed by atoms with Gasteiger partial charge in [0, 0.05) is 12.4 Å². The van der Waals surface area contributed by atoms with Gasteiger partial charge in [0.25, 0.3) is 0 Å². The Hall–Kier alpha value is -2.43. The number of aromatic nitrogens is 2. The van der Waals surface area contributed by atoms with E-state index < -0.39 is 5.97 Å². The van der Waals surface area contributed by atoms with Crippen molar-refractivity contribution in [2.24, 2.45) is 0 Å². The van der Waals surface area contributed by atoms with Gasteiger partial charge in [-0.1, -0.05) is 0 Å². The summed E-state index contributed by atoms with van der Waals surface area (Å²) < 4.78 is 10.3. The van der Waals surface area contributed by atoms with E-state index in [1.807, 2.05) is 13.0 Å². The summed E-state index contributed by atoms with van der Waals surface area (Å²) >= 11 is 0. The van der Waals surface area contributed by atoms with Crippen LogP contribution in [-0.4, -0.2) is 23.0 Å². The van der Waals surface area contributed by atoms with Gasteiger partial charge in [-0.15, -0.1) is 0 Å². The number of nitrogens with zero attached hydrogens (tertiary/aromatic N) is 2. The van der Waals surface area contributed by atoms with Crippen molar-refractivity contribution in [1.82, 2.24) is 9.97 Å². The number of hydrogen-bond acceptors (Lipinski definition) is 5. The molecule has 0 N–H and O–H groups in total. The molecule has 0 aliphatic rings. The first-order valence-electron chi connectivity index (χ1n) is 5.81.